The first-order valence-electron chi connectivity index (χ1n) is 8.68. The smallest absolute Gasteiger partial charge is 0.251 e. The van der Waals surface area contributed by atoms with Crippen LogP contribution in [0.1, 0.15) is 34.9 Å². The second-order valence-corrected chi connectivity index (χ2v) is 6.95. The molecule has 1 saturated heterocycles. The standard InChI is InChI=1S/C20H20N2O3/c23-18(15-5-2-1-3-6-15)11-20(25)21-12-14-9-16-7-4-8-19(24)22(16)17(10-14)13-21/h1-8,14,17H,9-13H2/t14-,17+/m1/s1. The summed E-state index contributed by atoms with van der Waals surface area (Å²) in [6.07, 6.45) is 1.62. The first-order valence-corrected chi connectivity index (χ1v) is 8.68. The molecule has 25 heavy (non-hydrogen) atoms. The maximum Gasteiger partial charge on any atom is 0.251 e. The summed E-state index contributed by atoms with van der Waals surface area (Å²) in [7, 11) is 0. The van der Waals surface area contributed by atoms with E-state index in [0.29, 0.717) is 24.6 Å². The monoisotopic (exact) mass is 336 g/mol. The van der Waals surface area contributed by atoms with Crippen LogP contribution in [0.2, 0.25) is 0 Å². The van der Waals surface area contributed by atoms with Crippen molar-refractivity contribution in [2.75, 3.05) is 13.1 Å². The number of Topliss-reactive ketones (excluding diaryl/α,β-unsaturated/α-hetero) is 1. The number of piperidine rings is 1. The maximum absolute atomic E-state index is 12.6. The summed E-state index contributed by atoms with van der Waals surface area (Å²) in [5, 5.41) is 0. The van der Waals surface area contributed by atoms with Gasteiger partial charge in [0.1, 0.15) is 0 Å². The number of nitrogens with zero attached hydrogens (tertiary/aromatic N) is 2. The van der Waals surface area contributed by atoms with E-state index in [1.807, 2.05) is 16.7 Å². The van der Waals surface area contributed by atoms with Crippen molar-refractivity contribution in [2.24, 2.45) is 5.92 Å². The molecule has 0 spiro atoms. The van der Waals surface area contributed by atoms with Crippen molar-refractivity contribution in [3.05, 3.63) is 70.1 Å². The Morgan fingerprint density at radius 1 is 1.00 bits per heavy atom. The third-order valence-corrected chi connectivity index (χ3v) is 5.21. The van der Waals surface area contributed by atoms with E-state index in [1.165, 1.54) is 0 Å². The van der Waals surface area contributed by atoms with Crippen LogP contribution in [0.5, 0.6) is 0 Å². The van der Waals surface area contributed by atoms with Gasteiger partial charge >= 0.3 is 0 Å². The molecule has 1 aromatic carbocycles. The number of likely N-dealkylation sites (tertiary alicyclic amines) is 1. The fraction of sp³-hybridized carbons (Fsp3) is 0.350. The van der Waals surface area contributed by atoms with Crippen molar-refractivity contribution >= 4 is 11.7 Å². The van der Waals surface area contributed by atoms with Crippen molar-refractivity contribution in [3.8, 4) is 0 Å². The minimum absolute atomic E-state index is 0.00406. The number of amides is 1. The Hall–Kier alpha value is -2.69. The summed E-state index contributed by atoms with van der Waals surface area (Å²) in [4.78, 5) is 38.9. The molecular weight excluding hydrogens is 316 g/mol. The fourth-order valence-electron chi connectivity index (χ4n) is 4.11. The molecule has 1 amide bonds. The minimum atomic E-state index is -0.154. The van der Waals surface area contributed by atoms with Gasteiger partial charge < -0.3 is 9.47 Å². The van der Waals surface area contributed by atoms with Gasteiger partial charge in [-0.25, -0.2) is 0 Å². The number of benzene rings is 1. The van der Waals surface area contributed by atoms with Crippen molar-refractivity contribution < 1.29 is 9.59 Å². The van der Waals surface area contributed by atoms with Crippen LogP contribution in [0.3, 0.4) is 0 Å². The molecule has 2 aromatic rings. The van der Waals surface area contributed by atoms with Crippen molar-refractivity contribution in [1.29, 1.82) is 0 Å². The molecule has 3 heterocycles. The van der Waals surface area contributed by atoms with Crippen LogP contribution in [0, 0.1) is 5.92 Å². The Morgan fingerprint density at radius 3 is 2.60 bits per heavy atom. The molecular formula is C20H20N2O3. The molecule has 4 rings (SSSR count). The Labute approximate surface area is 145 Å². The van der Waals surface area contributed by atoms with E-state index in [9.17, 15) is 14.4 Å². The second-order valence-electron chi connectivity index (χ2n) is 6.95. The maximum atomic E-state index is 12.6. The van der Waals surface area contributed by atoms with E-state index in [0.717, 1.165) is 18.5 Å². The van der Waals surface area contributed by atoms with Crippen LogP contribution in [-0.2, 0) is 11.2 Å². The lowest BCUT2D eigenvalue weighted by atomic mass is 9.85. The lowest BCUT2D eigenvalue weighted by molar-refractivity contribution is -0.133. The van der Waals surface area contributed by atoms with Gasteiger partial charge in [-0.2, -0.15) is 0 Å². The van der Waals surface area contributed by atoms with Crippen LogP contribution in [0.15, 0.2) is 53.3 Å². The summed E-state index contributed by atoms with van der Waals surface area (Å²) in [5.74, 6) is 0.0613. The average molecular weight is 336 g/mol. The zero-order chi connectivity index (χ0) is 17.4. The number of ketones is 1. The third kappa shape index (κ3) is 3.02. The van der Waals surface area contributed by atoms with Crippen LogP contribution in [-0.4, -0.2) is 34.2 Å². The molecule has 1 fully saturated rings. The highest BCUT2D eigenvalue weighted by atomic mass is 16.2. The number of hydrogen-bond acceptors (Lipinski definition) is 3. The highest BCUT2D eigenvalue weighted by Crippen LogP contribution is 2.33. The molecule has 128 valence electrons. The molecule has 0 saturated carbocycles. The largest absolute Gasteiger partial charge is 0.340 e. The first kappa shape index (κ1) is 15.8. The average Bonchev–Trinajstić information content (AvgIpc) is 2.62. The molecule has 1 aromatic heterocycles. The molecule has 2 atom stereocenters. The van der Waals surface area contributed by atoms with E-state index < -0.39 is 0 Å². The van der Waals surface area contributed by atoms with Crippen molar-refractivity contribution in [3.63, 3.8) is 0 Å². The highest BCUT2D eigenvalue weighted by Gasteiger charge is 2.36. The molecule has 0 N–H and O–H groups in total. The minimum Gasteiger partial charge on any atom is -0.340 e. The predicted octanol–water partition coefficient (Wildman–Crippen LogP) is 2.07. The van der Waals surface area contributed by atoms with E-state index in [4.69, 9.17) is 0 Å². The summed E-state index contributed by atoms with van der Waals surface area (Å²) < 4.78 is 1.83. The quantitative estimate of drug-likeness (QED) is 0.637. The van der Waals surface area contributed by atoms with Gasteiger partial charge in [0, 0.05) is 30.4 Å². The number of hydrogen-bond donors (Lipinski definition) is 0. The van der Waals surface area contributed by atoms with E-state index >= 15 is 0 Å². The summed E-state index contributed by atoms with van der Waals surface area (Å²) in [6.45, 7) is 1.18. The Kier molecular flexibility index (Phi) is 3.99. The topological polar surface area (TPSA) is 59.4 Å². The summed E-state index contributed by atoms with van der Waals surface area (Å²) in [5.41, 5.74) is 1.62. The Balaban J connectivity index is 1.50. The number of carbonyl (C=O) groups is 2. The zero-order valence-corrected chi connectivity index (χ0v) is 13.9. The number of pyridine rings is 1. The van der Waals surface area contributed by atoms with Crippen molar-refractivity contribution in [1.82, 2.24) is 9.47 Å². The van der Waals surface area contributed by atoms with E-state index in [1.54, 1.807) is 41.3 Å². The lowest BCUT2D eigenvalue weighted by Gasteiger charge is -2.43. The lowest BCUT2D eigenvalue weighted by Crippen LogP contribution is -2.50. The van der Waals surface area contributed by atoms with Crippen LogP contribution < -0.4 is 5.56 Å². The van der Waals surface area contributed by atoms with Gasteiger partial charge in [0.05, 0.1) is 12.5 Å². The zero-order valence-electron chi connectivity index (χ0n) is 13.9. The molecule has 0 radical (unpaired) electrons. The van der Waals surface area contributed by atoms with Gasteiger partial charge in [0.15, 0.2) is 5.78 Å². The second kappa shape index (κ2) is 6.31. The number of rotatable bonds is 3. The molecule has 2 bridgehead atoms. The van der Waals surface area contributed by atoms with Gasteiger partial charge in [0.2, 0.25) is 5.91 Å². The first-order chi connectivity index (χ1) is 12.1. The number of aromatic nitrogens is 1. The van der Waals surface area contributed by atoms with Crippen LogP contribution in [0.4, 0.5) is 0 Å². The van der Waals surface area contributed by atoms with Crippen LogP contribution >= 0.6 is 0 Å². The molecule has 2 aliphatic rings. The van der Waals surface area contributed by atoms with E-state index in [2.05, 4.69) is 0 Å². The molecule has 5 nitrogen and oxygen atoms in total. The van der Waals surface area contributed by atoms with E-state index in [-0.39, 0.29) is 29.7 Å². The summed E-state index contributed by atoms with van der Waals surface area (Å²) in [6, 6.07) is 14.3. The Bertz CT molecular complexity index is 872. The molecule has 0 unspecified atom stereocenters. The Morgan fingerprint density at radius 2 is 1.80 bits per heavy atom. The predicted molar refractivity (Wildman–Crippen MR) is 93.5 cm³/mol. The SMILES string of the molecule is O=C(CC(=O)N1C[C@@H]2Cc3cccc(=O)n3[C@@H](C2)C1)c1ccccc1. The fourth-order valence-corrected chi connectivity index (χ4v) is 4.11. The third-order valence-electron chi connectivity index (χ3n) is 5.21. The van der Waals surface area contributed by atoms with Gasteiger partial charge in [-0.1, -0.05) is 36.4 Å². The normalized spacial score (nSPS) is 21.5. The van der Waals surface area contributed by atoms with Gasteiger partial charge in [-0.3, -0.25) is 14.4 Å². The highest BCUT2D eigenvalue weighted by molar-refractivity contribution is 6.07. The number of fused-ring (bicyclic) bond motifs is 4. The van der Waals surface area contributed by atoms with Gasteiger partial charge in [-0.05, 0) is 24.8 Å². The molecule has 5 heteroatoms. The summed E-state index contributed by atoms with van der Waals surface area (Å²) >= 11 is 0. The molecule has 2 aliphatic heterocycles. The molecule has 0 aliphatic carbocycles. The van der Waals surface area contributed by atoms with Gasteiger partial charge in [-0.15, -0.1) is 0 Å². The number of carbonyl (C=O) groups excluding carboxylic acids is 2. The van der Waals surface area contributed by atoms with Crippen LogP contribution in [0.25, 0.3) is 0 Å². The van der Waals surface area contributed by atoms with Crippen molar-refractivity contribution in [2.45, 2.75) is 25.3 Å². The van der Waals surface area contributed by atoms with Gasteiger partial charge in [0.25, 0.3) is 5.56 Å².